The molecule has 2 aromatic heterocycles. The maximum Gasteiger partial charge on any atom is 0.0616 e. The normalized spacial score (nSPS) is 9.90. The lowest BCUT2D eigenvalue weighted by Gasteiger charge is -2.00. The molecule has 0 amide bonds. The summed E-state index contributed by atoms with van der Waals surface area (Å²) in [6.07, 6.45) is 5.56. The molecule has 0 spiro atoms. The lowest BCUT2D eigenvalue weighted by atomic mass is 10.2. The molecule has 0 saturated heterocycles. The summed E-state index contributed by atoms with van der Waals surface area (Å²) in [5.41, 5.74) is 6.32. The number of hydrogen-bond donors (Lipinski definition) is 0. The molecule has 4 heteroatoms. The maximum atomic E-state index is 4.33. The Kier molecular flexibility index (Phi) is 6.22. The molecule has 2 rings (SSSR count). The third-order valence-corrected chi connectivity index (χ3v) is 3.01. The van der Waals surface area contributed by atoms with Gasteiger partial charge in [0.15, 0.2) is 0 Å². The molecule has 0 radical (unpaired) electrons. The highest BCUT2D eigenvalue weighted by molar-refractivity contribution is 5.11. The molecular formula is C16H24N4. The van der Waals surface area contributed by atoms with Crippen LogP contribution in [0.2, 0.25) is 0 Å². The van der Waals surface area contributed by atoms with E-state index < -0.39 is 0 Å². The van der Waals surface area contributed by atoms with E-state index in [9.17, 15) is 0 Å². The number of rotatable bonds is 2. The SMILES string of the molecule is CCc1nc(C)cnc1C.CCc1ncc(C)nc1C. The quantitative estimate of drug-likeness (QED) is 0.841. The van der Waals surface area contributed by atoms with E-state index in [2.05, 4.69) is 33.8 Å². The molecule has 108 valence electrons. The minimum absolute atomic E-state index is 0.971. The monoisotopic (exact) mass is 272 g/mol. The largest absolute Gasteiger partial charge is 0.258 e. The minimum Gasteiger partial charge on any atom is -0.258 e. The van der Waals surface area contributed by atoms with Gasteiger partial charge in [-0.05, 0) is 40.5 Å². The summed E-state index contributed by atoms with van der Waals surface area (Å²) in [7, 11) is 0. The number of aromatic nitrogens is 4. The molecule has 0 aliphatic heterocycles. The fourth-order valence-corrected chi connectivity index (χ4v) is 1.89. The number of nitrogens with zero attached hydrogens (tertiary/aromatic N) is 4. The lowest BCUT2D eigenvalue weighted by Crippen LogP contribution is -1.96. The van der Waals surface area contributed by atoms with Crippen molar-refractivity contribution in [1.82, 2.24) is 19.9 Å². The Morgan fingerprint density at radius 1 is 0.700 bits per heavy atom. The highest BCUT2D eigenvalue weighted by atomic mass is 14.8. The molecule has 2 heterocycles. The van der Waals surface area contributed by atoms with Crippen molar-refractivity contribution in [3.05, 3.63) is 46.6 Å². The van der Waals surface area contributed by atoms with Gasteiger partial charge in [-0.25, -0.2) is 0 Å². The van der Waals surface area contributed by atoms with Gasteiger partial charge in [0.25, 0.3) is 0 Å². The zero-order valence-corrected chi connectivity index (χ0v) is 13.4. The lowest BCUT2D eigenvalue weighted by molar-refractivity contribution is 0.930. The van der Waals surface area contributed by atoms with Crippen LogP contribution in [0.25, 0.3) is 0 Å². The number of hydrogen-bond acceptors (Lipinski definition) is 4. The fraction of sp³-hybridized carbons (Fsp3) is 0.500. The van der Waals surface area contributed by atoms with Crippen LogP contribution in [-0.4, -0.2) is 19.9 Å². The predicted octanol–water partition coefficient (Wildman–Crippen LogP) is 3.31. The summed E-state index contributed by atoms with van der Waals surface area (Å²) >= 11 is 0. The van der Waals surface area contributed by atoms with Crippen molar-refractivity contribution in [2.45, 2.75) is 54.4 Å². The summed E-state index contributed by atoms with van der Waals surface area (Å²) in [5, 5.41) is 0. The van der Waals surface area contributed by atoms with E-state index in [0.29, 0.717) is 0 Å². The first-order valence-electron chi connectivity index (χ1n) is 7.06. The van der Waals surface area contributed by atoms with Crippen LogP contribution in [0, 0.1) is 27.7 Å². The van der Waals surface area contributed by atoms with E-state index in [1.165, 1.54) is 0 Å². The third-order valence-electron chi connectivity index (χ3n) is 3.01. The molecule has 0 aromatic carbocycles. The first kappa shape index (κ1) is 16.2. The molecule has 4 nitrogen and oxygen atoms in total. The molecule has 0 N–H and O–H groups in total. The van der Waals surface area contributed by atoms with Gasteiger partial charge in [0.1, 0.15) is 0 Å². The zero-order valence-electron chi connectivity index (χ0n) is 13.4. The molecule has 0 unspecified atom stereocenters. The van der Waals surface area contributed by atoms with Crippen molar-refractivity contribution in [2.24, 2.45) is 0 Å². The highest BCUT2D eigenvalue weighted by Crippen LogP contribution is 2.02. The summed E-state index contributed by atoms with van der Waals surface area (Å²) in [6.45, 7) is 12.1. The van der Waals surface area contributed by atoms with Crippen molar-refractivity contribution < 1.29 is 0 Å². The second-order valence-electron chi connectivity index (χ2n) is 4.79. The van der Waals surface area contributed by atoms with Gasteiger partial charge in [0.2, 0.25) is 0 Å². The van der Waals surface area contributed by atoms with E-state index >= 15 is 0 Å². The smallest absolute Gasteiger partial charge is 0.0616 e. The van der Waals surface area contributed by atoms with Gasteiger partial charge >= 0.3 is 0 Å². The molecule has 20 heavy (non-hydrogen) atoms. The average Bonchev–Trinajstić information content (AvgIpc) is 2.42. The van der Waals surface area contributed by atoms with Crippen molar-refractivity contribution in [3.63, 3.8) is 0 Å². The Morgan fingerprint density at radius 3 is 1.75 bits per heavy atom. The van der Waals surface area contributed by atoms with Gasteiger partial charge in [0, 0.05) is 12.4 Å². The average molecular weight is 272 g/mol. The Morgan fingerprint density at radius 2 is 1.25 bits per heavy atom. The molecule has 0 saturated carbocycles. The van der Waals surface area contributed by atoms with Gasteiger partial charge in [-0.3, -0.25) is 19.9 Å². The molecule has 0 aliphatic carbocycles. The fourth-order valence-electron chi connectivity index (χ4n) is 1.89. The van der Waals surface area contributed by atoms with E-state index in [-0.39, 0.29) is 0 Å². The van der Waals surface area contributed by atoms with Gasteiger partial charge in [-0.1, -0.05) is 13.8 Å². The standard InChI is InChI=1S/2C8H12N2/c1-4-8-7(3)10-6(2)5-9-8;1-4-8-7(3)9-5-6(2)10-8/h2*5H,4H2,1-3H3. The second-order valence-corrected chi connectivity index (χ2v) is 4.79. The van der Waals surface area contributed by atoms with Gasteiger partial charge in [0.05, 0.1) is 34.2 Å². The minimum atomic E-state index is 0.971. The molecule has 2 aromatic rings. The first-order valence-corrected chi connectivity index (χ1v) is 7.06. The van der Waals surface area contributed by atoms with Crippen LogP contribution < -0.4 is 0 Å². The van der Waals surface area contributed by atoms with E-state index in [1.807, 2.05) is 33.9 Å². The van der Waals surface area contributed by atoms with Crippen LogP contribution in [-0.2, 0) is 12.8 Å². The maximum absolute atomic E-state index is 4.33. The summed E-state index contributed by atoms with van der Waals surface area (Å²) in [5.74, 6) is 0. The van der Waals surface area contributed by atoms with Crippen molar-refractivity contribution in [1.29, 1.82) is 0 Å². The summed E-state index contributed by atoms with van der Waals surface area (Å²) < 4.78 is 0. The van der Waals surface area contributed by atoms with Crippen LogP contribution in [0.5, 0.6) is 0 Å². The third kappa shape index (κ3) is 4.68. The van der Waals surface area contributed by atoms with Crippen LogP contribution in [0.15, 0.2) is 12.4 Å². The molecule has 0 fully saturated rings. The van der Waals surface area contributed by atoms with Crippen LogP contribution >= 0.6 is 0 Å². The Bertz CT molecular complexity index is 564. The first-order chi connectivity index (χ1) is 9.47. The van der Waals surface area contributed by atoms with Gasteiger partial charge < -0.3 is 0 Å². The van der Waals surface area contributed by atoms with Crippen molar-refractivity contribution in [2.75, 3.05) is 0 Å². The molecular weight excluding hydrogens is 248 g/mol. The Hall–Kier alpha value is -1.84. The summed E-state index contributed by atoms with van der Waals surface area (Å²) in [4.78, 5) is 17.0. The number of aryl methyl sites for hydroxylation is 6. The topological polar surface area (TPSA) is 51.6 Å². The van der Waals surface area contributed by atoms with Crippen molar-refractivity contribution >= 4 is 0 Å². The molecule has 0 aliphatic rings. The van der Waals surface area contributed by atoms with Crippen LogP contribution in [0.3, 0.4) is 0 Å². The zero-order chi connectivity index (χ0) is 15.1. The van der Waals surface area contributed by atoms with Gasteiger partial charge in [-0.15, -0.1) is 0 Å². The predicted molar refractivity (Wildman–Crippen MR) is 81.8 cm³/mol. The van der Waals surface area contributed by atoms with Crippen molar-refractivity contribution in [3.8, 4) is 0 Å². The molecule has 0 atom stereocenters. The van der Waals surface area contributed by atoms with Crippen LogP contribution in [0.4, 0.5) is 0 Å². The van der Waals surface area contributed by atoms with E-state index in [4.69, 9.17) is 0 Å². The Labute approximate surface area is 121 Å². The Balaban J connectivity index is 0.000000200. The second kappa shape index (κ2) is 7.68. The van der Waals surface area contributed by atoms with E-state index in [1.54, 1.807) is 6.20 Å². The van der Waals surface area contributed by atoms with E-state index in [0.717, 1.165) is 47.0 Å². The van der Waals surface area contributed by atoms with Crippen LogP contribution in [0.1, 0.15) is 48.0 Å². The summed E-state index contributed by atoms with van der Waals surface area (Å²) in [6, 6.07) is 0. The molecule has 0 bridgehead atoms. The highest BCUT2D eigenvalue weighted by Gasteiger charge is 1.97. The van der Waals surface area contributed by atoms with Gasteiger partial charge in [-0.2, -0.15) is 0 Å².